The lowest BCUT2D eigenvalue weighted by Crippen LogP contribution is -2.49. The maximum absolute atomic E-state index is 13.3. The van der Waals surface area contributed by atoms with Gasteiger partial charge in [-0.2, -0.15) is 0 Å². The van der Waals surface area contributed by atoms with E-state index in [4.69, 9.17) is 4.74 Å². The average molecular weight is 397 g/mol. The van der Waals surface area contributed by atoms with Crippen LogP contribution >= 0.6 is 0 Å². The summed E-state index contributed by atoms with van der Waals surface area (Å²) >= 11 is 0. The van der Waals surface area contributed by atoms with Gasteiger partial charge in [-0.25, -0.2) is 0 Å². The largest absolute Gasteiger partial charge is 0.497 e. The minimum Gasteiger partial charge on any atom is -0.497 e. The number of hydrogen-bond acceptors (Lipinski definition) is 3. The van der Waals surface area contributed by atoms with Gasteiger partial charge in [0.15, 0.2) is 0 Å². The lowest BCUT2D eigenvalue weighted by atomic mass is 10.0. The van der Waals surface area contributed by atoms with Gasteiger partial charge in [0.1, 0.15) is 11.8 Å². The van der Waals surface area contributed by atoms with Crippen LogP contribution in [-0.2, 0) is 22.6 Å². The van der Waals surface area contributed by atoms with Crippen molar-refractivity contribution in [2.75, 3.05) is 13.7 Å². The third-order valence-electron chi connectivity index (χ3n) is 5.10. The first kappa shape index (κ1) is 22.5. The van der Waals surface area contributed by atoms with E-state index < -0.39 is 6.04 Å². The highest BCUT2D eigenvalue weighted by Crippen LogP contribution is 2.19. The van der Waals surface area contributed by atoms with Crippen molar-refractivity contribution in [3.63, 3.8) is 0 Å². The number of nitrogens with one attached hydrogen (secondary N) is 1. The van der Waals surface area contributed by atoms with Crippen LogP contribution in [0.4, 0.5) is 0 Å². The van der Waals surface area contributed by atoms with Gasteiger partial charge in [0, 0.05) is 13.1 Å². The fraction of sp³-hybridized carbons (Fsp3) is 0.417. The topological polar surface area (TPSA) is 58.6 Å². The Balaban J connectivity index is 2.31. The normalized spacial score (nSPS) is 11.6. The fourth-order valence-electron chi connectivity index (χ4n) is 3.39. The molecular weight excluding hydrogens is 364 g/mol. The molecule has 0 aromatic heterocycles. The van der Waals surface area contributed by atoms with Crippen LogP contribution in [0.15, 0.2) is 42.5 Å². The first-order valence-corrected chi connectivity index (χ1v) is 10.2. The van der Waals surface area contributed by atoms with E-state index in [1.807, 2.05) is 70.2 Å². The number of carbonyl (C=O) groups is 2. The molecule has 0 spiro atoms. The third-order valence-corrected chi connectivity index (χ3v) is 5.10. The van der Waals surface area contributed by atoms with Crippen molar-refractivity contribution in [1.82, 2.24) is 10.2 Å². The molecule has 0 heterocycles. The number of amides is 2. The van der Waals surface area contributed by atoms with Gasteiger partial charge < -0.3 is 15.0 Å². The predicted octanol–water partition coefficient (Wildman–Crippen LogP) is 3.80. The van der Waals surface area contributed by atoms with E-state index >= 15 is 0 Å². The molecule has 2 amide bonds. The highest BCUT2D eigenvalue weighted by atomic mass is 16.5. The van der Waals surface area contributed by atoms with Gasteiger partial charge in [0.2, 0.25) is 11.8 Å². The van der Waals surface area contributed by atoms with Gasteiger partial charge in [0.25, 0.3) is 0 Å². The Bertz CT molecular complexity index is 831. The van der Waals surface area contributed by atoms with Crippen molar-refractivity contribution < 1.29 is 14.3 Å². The van der Waals surface area contributed by atoms with E-state index in [1.54, 1.807) is 12.0 Å². The number of aryl methyl sites for hydroxylation is 2. The van der Waals surface area contributed by atoms with Gasteiger partial charge in [-0.05, 0) is 56.0 Å². The van der Waals surface area contributed by atoms with Crippen LogP contribution in [0.1, 0.15) is 42.5 Å². The summed E-state index contributed by atoms with van der Waals surface area (Å²) in [6.45, 7) is 8.77. The monoisotopic (exact) mass is 396 g/mol. The van der Waals surface area contributed by atoms with Crippen molar-refractivity contribution in [3.8, 4) is 5.75 Å². The Morgan fingerprint density at radius 2 is 1.76 bits per heavy atom. The second-order valence-corrected chi connectivity index (χ2v) is 7.30. The summed E-state index contributed by atoms with van der Waals surface area (Å²) in [5.41, 5.74) is 4.17. The van der Waals surface area contributed by atoms with Crippen LogP contribution in [0.3, 0.4) is 0 Å². The number of methoxy groups -OCH3 is 1. The predicted molar refractivity (Wildman–Crippen MR) is 116 cm³/mol. The average Bonchev–Trinajstić information content (AvgIpc) is 2.71. The molecule has 2 aromatic rings. The number of carbonyl (C=O) groups excluding carboxylic acids is 2. The summed E-state index contributed by atoms with van der Waals surface area (Å²) in [7, 11) is 1.62. The zero-order valence-corrected chi connectivity index (χ0v) is 18.1. The van der Waals surface area contributed by atoms with Crippen LogP contribution in [0, 0.1) is 13.8 Å². The van der Waals surface area contributed by atoms with Crippen LogP contribution < -0.4 is 10.1 Å². The zero-order chi connectivity index (χ0) is 21.4. The molecule has 1 N–H and O–H groups in total. The van der Waals surface area contributed by atoms with Crippen LogP contribution in [0.25, 0.3) is 0 Å². The van der Waals surface area contributed by atoms with Gasteiger partial charge >= 0.3 is 0 Å². The van der Waals surface area contributed by atoms with Gasteiger partial charge in [-0.15, -0.1) is 0 Å². The molecule has 0 bridgehead atoms. The van der Waals surface area contributed by atoms with Crippen molar-refractivity contribution in [2.24, 2.45) is 0 Å². The molecule has 29 heavy (non-hydrogen) atoms. The molecule has 0 saturated heterocycles. The molecule has 5 nitrogen and oxygen atoms in total. The second kappa shape index (κ2) is 10.6. The van der Waals surface area contributed by atoms with E-state index in [1.165, 1.54) is 0 Å². The minimum absolute atomic E-state index is 0.0485. The Labute approximate surface area is 174 Å². The van der Waals surface area contributed by atoms with Crippen LogP contribution in [0.5, 0.6) is 5.75 Å². The number of benzene rings is 2. The van der Waals surface area contributed by atoms with Crippen LogP contribution in [-0.4, -0.2) is 36.4 Å². The highest BCUT2D eigenvalue weighted by Gasteiger charge is 2.28. The Kier molecular flexibility index (Phi) is 8.25. The molecule has 2 aromatic carbocycles. The quantitative estimate of drug-likeness (QED) is 0.701. The lowest BCUT2D eigenvalue weighted by Gasteiger charge is -2.31. The summed E-state index contributed by atoms with van der Waals surface area (Å²) < 4.78 is 5.22. The molecule has 0 radical (unpaired) electrons. The van der Waals surface area contributed by atoms with Crippen molar-refractivity contribution in [1.29, 1.82) is 0 Å². The van der Waals surface area contributed by atoms with Crippen LogP contribution in [0.2, 0.25) is 0 Å². The summed E-state index contributed by atoms with van der Waals surface area (Å²) in [6, 6.07) is 13.2. The van der Waals surface area contributed by atoms with E-state index in [0.717, 1.165) is 28.0 Å². The standard InChI is InChI=1S/C24H32N2O3/c1-6-22(24(28)25-7-2)26(16-19-10-12-21(29-5)13-11-19)23(27)15-20-14-17(3)8-9-18(20)4/h8-14,22H,6-7,15-16H2,1-5H3,(H,25,28)/t22-/m0/s1. The SMILES string of the molecule is CCNC(=O)[C@H](CC)N(Cc1ccc(OC)cc1)C(=O)Cc1cc(C)ccc1C. The molecule has 1 atom stereocenters. The Morgan fingerprint density at radius 1 is 1.07 bits per heavy atom. The van der Waals surface area contributed by atoms with Gasteiger partial charge in [-0.3, -0.25) is 9.59 Å². The molecular formula is C24H32N2O3. The van der Waals surface area contributed by atoms with E-state index in [0.29, 0.717) is 19.5 Å². The smallest absolute Gasteiger partial charge is 0.242 e. The number of likely N-dealkylation sites (N-methyl/N-ethyl adjacent to an activating group) is 1. The maximum atomic E-state index is 13.3. The Morgan fingerprint density at radius 3 is 2.34 bits per heavy atom. The van der Waals surface area contributed by atoms with Gasteiger partial charge in [-0.1, -0.05) is 42.8 Å². The first-order chi connectivity index (χ1) is 13.9. The third kappa shape index (κ3) is 6.08. The lowest BCUT2D eigenvalue weighted by molar-refractivity contribution is -0.140. The molecule has 0 aliphatic carbocycles. The number of hydrogen-bond donors (Lipinski definition) is 1. The molecule has 0 aliphatic heterocycles. The summed E-state index contributed by atoms with van der Waals surface area (Å²) in [5, 5.41) is 2.87. The van der Waals surface area contributed by atoms with Crippen molar-refractivity contribution in [2.45, 2.75) is 53.1 Å². The summed E-state index contributed by atoms with van der Waals surface area (Å²) in [4.78, 5) is 27.7. The number of ether oxygens (including phenoxy) is 1. The maximum Gasteiger partial charge on any atom is 0.242 e. The number of rotatable bonds is 9. The Hall–Kier alpha value is -2.82. The molecule has 0 unspecified atom stereocenters. The van der Waals surface area contributed by atoms with E-state index in [9.17, 15) is 9.59 Å². The first-order valence-electron chi connectivity index (χ1n) is 10.2. The van der Waals surface area contributed by atoms with Gasteiger partial charge in [0.05, 0.1) is 13.5 Å². The van der Waals surface area contributed by atoms with Crippen molar-refractivity contribution >= 4 is 11.8 Å². The molecule has 2 rings (SSSR count). The molecule has 5 heteroatoms. The number of nitrogens with zero attached hydrogens (tertiary/aromatic N) is 1. The minimum atomic E-state index is -0.505. The van der Waals surface area contributed by atoms with E-state index in [-0.39, 0.29) is 18.2 Å². The summed E-state index contributed by atoms with van der Waals surface area (Å²) in [5.74, 6) is 0.600. The fourth-order valence-corrected chi connectivity index (χ4v) is 3.39. The molecule has 0 fully saturated rings. The zero-order valence-electron chi connectivity index (χ0n) is 18.1. The molecule has 156 valence electrons. The molecule has 0 aliphatic rings. The van der Waals surface area contributed by atoms with E-state index in [2.05, 4.69) is 5.32 Å². The summed E-state index contributed by atoms with van der Waals surface area (Å²) in [6.07, 6.45) is 0.833. The second-order valence-electron chi connectivity index (χ2n) is 7.30. The molecule has 0 saturated carbocycles. The highest BCUT2D eigenvalue weighted by molar-refractivity contribution is 5.88. The van der Waals surface area contributed by atoms with Crippen molar-refractivity contribution in [3.05, 3.63) is 64.7 Å².